The van der Waals surface area contributed by atoms with Crippen LogP contribution < -0.4 is 0 Å². The van der Waals surface area contributed by atoms with Gasteiger partial charge in [-0.25, -0.2) is 0 Å². The lowest BCUT2D eigenvalue weighted by Gasteiger charge is -2.37. The van der Waals surface area contributed by atoms with E-state index >= 15 is 0 Å². The summed E-state index contributed by atoms with van der Waals surface area (Å²) in [6, 6.07) is 0. The molecule has 2 nitrogen and oxygen atoms in total. The van der Waals surface area contributed by atoms with Gasteiger partial charge < -0.3 is 4.74 Å². The van der Waals surface area contributed by atoms with Gasteiger partial charge in [0.1, 0.15) is 0 Å². The standard InChI is InChI=1S/C11H16O2/c1-8(12)13-7-11-6-9-2-4-10(11)5-3-9/h2,4,9-11H,3,5-7H2,1H3/t9-,10+,11+/m1/s1. The molecule has 3 aliphatic rings. The highest BCUT2D eigenvalue weighted by Crippen LogP contribution is 2.40. The van der Waals surface area contributed by atoms with E-state index < -0.39 is 0 Å². The van der Waals surface area contributed by atoms with Crippen LogP contribution in [0.4, 0.5) is 0 Å². The largest absolute Gasteiger partial charge is 0.466 e. The Hall–Kier alpha value is -0.790. The van der Waals surface area contributed by atoms with Crippen LogP contribution in [0.5, 0.6) is 0 Å². The molecular formula is C11H16O2. The third kappa shape index (κ3) is 1.93. The molecule has 2 heteroatoms. The Bertz CT molecular complexity index is 232. The second-order valence-electron chi connectivity index (χ2n) is 4.18. The first-order valence-corrected chi connectivity index (χ1v) is 5.07. The molecule has 13 heavy (non-hydrogen) atoms. The highest BCUT2D eigenvalue weighted by atomic mass is 16.5. The molecule has 0 unspecified atom stereocenters. The highest BCUT2D eigenvalue weighted by molar-refractivity contribution is 5.65. The van der Waals surface area contributed by atoms with Gasteiger partial charge in [-0.2, -0.15) is 0 Å². The Kier molecular flexibility index (Phi) is 2.38. The molecule has 72 valence electrons. The van der Waals surface area contributed by atoms with Gasteiger partial charge in [0.25, 0.3) is 0 Å². The zero-order valence-corrected chi connectivity index (χ0v) is 8.03. The average molecular weight is 180 g/mol. The maximum absolute atomic E-state index is 10.7. The van der Waals surface area contributed by atoms with E-state index in [1.807, 2.05) is 0 Å². The van der Waals surface area contributed by atoms with Crippen molar-refractivity contribution in [3.63, 3.8) is 0 Å². The van der Waals surface area contributed by atoms with Crippen LogP contribution in [0.15, 0.2) is 12.2 Å². The Morgan fingerprint density at radius 3 is 2.77 bits per heavy atom. The van der Waals surface area contributed by atoms with Crippen molar-refractivity contribution >= 4 is 5.97 Å². The van der Waals surface area contributed by atoms with Crippen molar-refractivity contribution in [1.82, 2.24) is 0 Å². The third-order valence-corrected chi connectivity index (χ3v) is 3.21. The van der Waals surface area contributed by atoms with Crippen LogP contribution in [-0.4, -0.2) is 12.6 Å². The number of allylic oxidation sites excluding steroid dienone is 2. The van der Waals surface area contributed by atoms with E-state index in [4.69, 9.17) is 4.74 Å². The van der Waals surface area contributed by atoms with Crippen LogP contribution >= 0.6 is 0 Å². The molecule has 3 aliphatic carbocycles. The fraction of sp³-hybridized carbons (Fsp3) is 0.727. The molecule has 3 atom stereocenters. The Morgan fingerprint density at radius 2 is 2.31 bits per heavy atom. The van der Waals surface area contributed by atoms with Crippen molar-refractivity contribution < 1.29 is 9.53 Å². The number of carbonyl (C=O) groups is 1. The van der Waals surface area contributed by atoms with Gasteiger partial charge in [-0.3, -0.25) is 4.79 Å². The van der Waals surface area contributed by atoms with Gasteiger partial charge in [0.05, 0.1) is 6.61 Å². The van der Waals surface area contributed by atoms with Crippen molar-refractivity contribution in [1.29, 1.82) is 0 Å². The smallest absolute Gasteiger partial charge is 0.302 e. The molecule has 0 N–H and O–H groups in total. The summed E-state index contributed by atoms with van der Waals surface area (Å²) < 4.78 is 5.06. The normalized spacial score (nSPS) is 36.2. The number of ether oxygens (including phenoxy) is 1. The van der Waals surface area contributed by atoms with E-state index in [2.05, 4.69) is 12.2 Å². The lowest BCUT2D eigenvalue weighted by Crippen LogP contribution is -2.30. The average Bonchev–Trinajstić information content (AvgIpc) is 2.17. The lowest BCUT2D eigenvalue weighted by molar-refractivity contribution is -0.143. The quantitative estimate of drug-likeness (QED) is 0.481. The number of hydrogen-bond donors (Lipinski definition) is 0. The Balaban J connectivity index is 1.88. The molecule has 0 aromatic heterocycles. The van der Waals surface area contributed by atoms with E-state index in [-0.39, 0.29) is 5.97 Å². The van der Waals surface area contributed by atoms with Crippen LogP contribution in [0.1, 0.15) is 26.2 Å². The molecule has 0 saturated heterocycles. The molecule has 3 rings (SSSR count). The predicted molar refractivity (Wildman–Crippen MR) is 50.1 cm³/mol. The van der Waals surface area contributed by atoms with Crippen LogP contribution in [0.2, 0.25) is 0 Å². The van der Waals surface area contributed by atoms with E-state index in [1.54, 1.807) is 0 Å². The summed E-state index contributed by atoms with van der Waals surface area (Å²) >= 11 is 0. The van der Waals surface area contributed by atoms with Crippen molar-refractivity contribution in [2.45, 2.75) is 26.2 Å². The van der Waals surface area contributed by atoms with E-state index in [0.717, 1.165) is 5.92 Å². The number of carbonyl (C=O) groups excluding carboxylic acids is 1. The van der Waals surface area contributed by atoms with E-state index in [0.29, 0.717) is 18.4 Å². The van der Waals surface area contributed by atoms with Gasteiger partial charge in [0.2, 0.25) is 0 Å². The summed E-state index contributed by atoms with van der Waals surface area (Å²) in [5, 5.41) is 0. The molecule has 0 aliphatic heterocycles. The monoisotopic (exact) mass is 180 g/mol. The molecule has 1 fully saturated rings. The minimum absolute atomic E-state index is 0.148. The maximum Gasteiger partial charge on any atom is 0.302 e. The first-order chi connectivity index (χ1) is 6.25. The molecule has 0 aromatic carbocycles. The summed E-state index contributed by atoms with van der Waals surface area (Å²) in [5.41, 5.74) is 0. The van der Waals surface area contributed by atoms with Gasteiger partial charge in [-0.05, 0) is 37.0 Å². The van der Waals surface area contributed by atoms with Gasteiger partial charge in [0.15, 0.2) is 0 Å². The fourth-order valence-corrected chi connectivity index (χ4v) is 2.47. The van der Waals surface area contributed by atoms with Gasteiger partial charge in [0, 0.05) is 6.92 Å². The minimum atomic E-state index is -0.148. The van der Waals surface area contributed by atoms with Crippen LogP contribution in [0.25, 0.3) is 0 Å². The summed E-state index contributed by atoms with van der Waals surface area (Å²) in [7, 11) is 0. The number of esters is 1. The summed E-state index contributed by atoms with van der Waals surface area (Å²) in [6.45, 7) is 2.11. The third-order valence-electron chi connectivity index (χ3n) is 3.21. The van der Waals surface area contributed by atoms with Crippen molar-refractivity contribution in [2.24, 2.45) is 17.8 Å². The summed E-state index contributed by atoms with van der Waals surface area (Å²) in [4.78, 5) is 10.7. The van der Waals surface area contributed by atoms with Crippen molar-refractivity contribution in [2.75, 3.05) is 6.61 Å². The van der Waals surface area contributed by atoms with Gasteiger partial charge in [-0.1, -0.05) is 12.2 Å². The van der Waals surface area contributed by atoms with Crippen LogP contribution in [-0.2, 0) is 9.53 Å². The molecule has 2 bridgehead atoms. The topological polar surface area (TPSA) is 26.3 Å². The summed E-state index contributed by atoms with van der Waals surface area (Å²) in [5.74, 6) is 1.87. The van der Waals surface area contributed by atoms with E-state index in [9.17, 15) is 4.79 Å². The number of fused-ring (bicyclic) bond motifs is 2. The first kappa shape index (κ1) is 8.79. The Labute approximate surface area is 79.0 Å². The van der Waals surface area contributed by atoms with Crippen molar-refractivity contribution in [3.05, 3.63) is 12.2 Å². The number of rotatable bonds is 2. The molecule has 1 saturated carbocycles. The molecule has 0 spiro atoms. The van der Waals surface area contributed by atoms with Crippen molar-refractivity contribution in [3.8, 4) is 0 Å². The lowest BCUT2D eigenvalue weighted by atomic mass is 9.69. The number of hydrogen-bond acceptors (Lipinski definition) is 2. The second kappa shape index (κ2) is 3.52. The molecular weight excluding hydrogens is 164 g/mol. The fourth-order valence-electron chi connectivity index (χ4n) is 2.47. The predicted octanol–water partition coefficient (Wildman–Crippen LogP) is 2.15. The zero-order valence-electron chi connectivity index (χ0n) is 8.03. The minimum Gasteiger partial charge on any atom is -0.466 e. The maximum atomic E-state index is 10.7. The van der Waals surface area contributed by atoms with Crippen LogP contribution in [0.3, 0.4) is 0 Å². The molecule has 0 amide bonds. The molecule has 0 heterocycles. The summed E-state index contributed by atoms with van der Waals surface area (Å²) in [6.07, 6.45) is 8.48. The van der Waals surface area contributed by atoms with Crippen LogP contribution in [0, 0.1) is 17.8 Å². The molecule has 0 radical (unpaired) electrons. The van der Waals surface area contributed by atoms with E-state index in [1.165, 1.54) is 26.2 Å². The first-order valence-electron chi connectivity index (χ1n) is 5.07. The zero-order chi connectivity index (χ0) is 9.26. The second-order valence-corrected chi connectivity index (χ2v) is 4.18. The Morgan fingerprint density at radius 1 is 1.46 bits per heavy atom. The molecule has 0 aromatic rings. The van der Waals surface area contributed by atoms with Gasteiger partial charge >= 0.3 is 5.97 Å². The SMILES string of the molecule is CC(=O)OC[C@@H]1C[C@@H]2C=C[C@H]1CC2. The van der Waals surface area contributed by atoms with Gasteiger partial charge in [-0.15, -0.1) is 0 Å². The highest BCUT2D eigenvalue weighted by Gasteiger charge is 2.32.